The average Bonchev–Trinajstić information content (AvgIpc) is 3.03. The van der Waals surface area contributed by atoms with E-state index in [1.807, 2.05) is 75.4 Å². The summed E-state index contributed by atoms with van der Waals surface area (Å²) in [6.45, 7) is 6.26. The van der Waals surface area contributed by atoms with Crippen molar-refractivity contribution in [1.29, 1.82) is 0 Å². The van der Waals surface area contributed by atoms with E-state index in [1.54, 1.807) is 12.1 Å². The minimum atomic E-state index is -0.739. The molecule has 0 spiro atoms. The van der Waals surface area contributed by atoms with Gasteiger partial charge >= 0.3 is 5.97 Å². The lowest BCUT2D eigenvalue weighted by Crippen LogP contribution is -2.37. The third-order valence-corrected chi connectivity index (χ3v) is 8.49. The summed E-state index contributed by atoms with van der Waals surface area (Å²) in [7, 11) is 3.02. The summed E-state index contributed by atoms with van der Waals surface area (Å²) in [5.41, 5.74) is 1.99. The van der Waals surface area contributed by atoms with E-state index in [9.17, 15) is 19.8 Å². The Hall–Kier alpha value is -3.62. The highest BCUT2D eigenvalue weighted by atomic mass is 16.5. The van der Waals surface area contributed by atoms with Gasteiger partial charge in [0.15, 0.2) is 0 Å². The number of carbonyl (C=O) groups is 2. The lowest BCUT2D eigenvalue weighted by molar-refractivity contribution is -0.120. The Morgan fingerprint density at radius 3 is 2.52 bits per heavy atom. The number of nitrogens with one attached hydrogen (secondary N) is 1. The standard InChI is InChI=1S/C36H49NO7/c1-24-13-9-10-17-31(44-36(41)34-28(22-30(24)38)21-29(42-4)23-32(34)43-5)26(3)35(40)25(2)14-11-12-20-37-33(39)19-18-27-15-7-6-8-16-27/h6-12,15-16,21,23-26,30-31,35,38,40H,13-14,17-20,22H2,1-5H3,(H,37,39)/b10-9-,12-11-/t24-,25+,26+,30+,31-,35+/m0/s1. The minimum absolute atomic E-state index is 0.00173. The highest BCUT2D eigenvalue weighted by molar-refractivity contribution is 5.95. The second kappa shape index (κ2) is 17.6. The smallest absolute Gasteiger partial charge is 0.342 e. The normalized spacial score (nSPS) is 22.0. The van der Waals surface area contributed by atoms with Crippen LogP contribution in [0.5, 0.6) is 11.5 Å². The van der Waals surface area contributed by atoms with Crippen LogP contribution in [-0.2, 0) is 22.4 Å². The lowest BCUT2D eigenvalue weighted by atomic mass is 9.85. The average molecular weight is 608 g/mol. The van der Waals surface area contributed by atoms with Crippen LogP contribution in [0.4, 0.5) is 0 Å². The van der Waals surface area contributed by atoms with Gasteiger partial charge in [-0.15, -0.1) is 0 Å². The molecule has 3 rings (SSSR count). The number of hydrogen-bond donors (Lipinski definition) is 3. The number of hydrogen-bond acceptors (Lipinski definition) is 7. The van der Waals surface area contributed by atoms with Gasteiger partial charge in [-0.1, -0.05) is 75.4 Å². The van der Waals surface area contributed by atoms with Crippen molar-refractivity contribution < 1.29 is 34.0 Å². The third-order valence-electron chi connectivity index (χ3n) is 8.49. The Kier molecular flexibility index (Phi) is 14.0. The molecule has 1 aliphatic heterocycles. The third kappa shape index (κ3) is 10.2. The van der Waals surface area contributed by atoms with Crippen molar-refractivity contribution >= 4 is 11.9 Å². The van der Waals surface area contributed by atoms with Crippen molar-refractivity contribution in [2.24, 2.45) is 17.8 Å². The molecule has 240 valence electrons. The maximum absolute atomic E-state index is 13.6. The van der Waals surface area contributed by atoms with E-state index >= 15 is 0 Å². The summed E-state index contributed by atoms with van der Waals surface area (Å²) in [5.74, 6) is -0.230. The first-order valence-corrected chi connectivity index (χ1v) is 15.6. The summed E-state index contributed by atoms with van der Waals surface area (Å²) >= 11 is 0. The van der Waals surface area contributed by atoms with Crippen LogP contribution < -0.4 is 14.8 Å². The lowest BCUT2D eigenvalue weighted by Gasteiger charge is -2.31. The van der Waals surface area contributed by atoms with Crippen molar-refractivity contribution in [3.05, 3.63) is 83.5 Å². The van der Waals surface area contributed by atoms with Crippen LogP contribution >= 0.6 is 0 Å². The minimum Gasteiger partial charge on any atom is -0.497 e. The Bertz CT molecular complexity index is 1260. The molecule has 8 nitrogen and oxygen atoms in total. The summed E-state index contributed by atoms with van der Waals surface area (Å²) < 4.78 is 17.0. The zero-order valence-electron chi connectivity index (χ0n) is 26.7. The van der Waals surface area contributed by atoms with Crippen molar-refractivity contribution in [2.75, 3.05) is 20.8 Å². The summed E-state index contributed by atoms with van der Waals surface area (Å²) in [6, 6.07) is 13.3. The van der Waals surface area contributed by atoms with Gasteiger partial charge in [0.2, 0.25) is 5.91 Å². The molecule has 0 aliphatic carbocycles. The van der Waals surface area contributed by atoms with E-state index < -0.39 is 24.3 Å². The van der Waals surface area contributed by atoms with Gasteiger partial charge < -0.3 is 29.7 Å². The number of aliphatic hydroxyl groups is 2. The quantitative estimate of drug-likeness (QED) is 0.217. The zero-order chi connectivity index (χ0) is 32.1. The molecular weight excluding hydrogens is 558 g/mol. The predicted molar refractivity (Wildman–Crippen MR) is 172 cm³/mol. The Morgan fingerprint density at radius 1 is 1.09 bits per heavy atom. The molecule has 2 aromatic carbocycles. The van der Waals surface area contributed by atoms with Crippen LogP contribution in [0.3, 0.4) is 0 Å². The number of aryl methyl sites for hydroxylation is 1. The van der Waals surface area contributed by atoms with Gasteiger partial charge in [-0.05, 0) is 54.7 Å². The van der Waals surface area contributed by atoms with Gasteiger partial charge in [-0.2, -0.15) is 0 Å². The number of rotatable bonds is 12. The topological polar surface area (TPSA) is 114 Å². The van der Waals surface area contributed by atoms with E-state index in [4.69, 9.17) is 14.2 Å². The molecule has 0 fully saturated rings. The number of amides is 1. The predicted octanol–water partition coefficient (Wildman–Crippen LogP) is 5.45. The van der Waals surface area contributed by atoms with Gasteiger partial charge in [0.25, 0.3) is 0 Å². The van der Waals surface area contributed by atoms with Crippen LogP contribution in [0.15, 0.2) is 66.8 Å². The molecule has 1 aliphatic rings. The van der Waals surface area contributed by atoms with Crippen LogP contribution in [-0.4, -0.2) is 61.2 Å². The number of esters is 1. The first-order valence-electron chi connectivity index (χ1n) is 15.6. The highest BCUT2D eigenvalue weighted by Crippen LogP contribution is 2.33. The number of cyclic esters (lactones) is 1. The van der Waals surface area contributed by atoms with Crippen LogP contribution in [0.1, 0.15) is 67.9 Å². The van der Waals surface area contributed by atoms with Crippen molar-refractivity contribution in [1.82, 2.24) is 5.32 Å². The molecule has 44 heavy (non-hydrogen) atoms. The monoisotopic (exact) mass is 607 g/mol. The molecule has 0 radical (unpaired) electrons. The van der Waals surface area contributed by atoms with Gasteiger partial charge in [0, 0.05) is 31.4 Å². The maximum atomic E-state index is 13.6. The van der Waals surface area contributed by atoms with E-state index in [2.05, 4.69) is 5.32 Å². The van der Waals surface area contributed by atoms with Crippen LogP contribution in [0, 0.1) is 17.8 Å². The maximum Gasteiger partial charge on any atom is 0.342 e. The second-order valence-corrected chi connectivity index (χ2v) is 11.8. The van der Waals surface area contributed by atoms with Gasteiger partial charge in [-0.3, -0.25) is 4.79 Å². The Morgan fingerprint density at radius 2 is 1.82 bits per heavy atom. The molecule has 2 aromatic rings. The summed E-state index contributed by atoms with van der Waals surface area (Å²) in [4.78, 5) is 25.8. The van der Waals surface area contributed by atoms with E-state index in [0.717, 1.165) is 5.56 Å². The number of methoxy groups -OCH3 is 2. The Labute approximate surface area is 262 Å². The number of ether oxygens (including phenoxy) is 3. The summed E-state index contributed by atoms with van der Waals surface area (Å²) in [5, 5.41) is 25.1. The van der Waals surface area contributed by atoms with Crippen LogP contribution in [0.2, 0.25) is 0 Å². The number of carbonyl (C=O) groups excluding carboxylic acids is 2. The molecule has 1 heterocycles. The fourth-order valence-electron chi connectivity index (χ4n) is 5.44. The van der Waals surface area contributed by atoms with Crippen molar-refractivity contribution in [2.45, 2.75) is 77.6 Å². The number of benzene rings is 2. The molecule has 0 saturated heterocycles. The largest absolute Gasteiger partial charge is 0.497 e. The van der Waals surface area contributed by atoms with E-state index in [1.165, 1.54) is 14.2 Å². The molecule has 3 N–H and O–H groups in total. The molecule has 1 amide bonds. The fourth-order valence-corrected chi connectivity index (χ4v) is 5.44. The molecular formula is C36H49NO7. The fraction of sp³-hybridized carbons (Fsp3) is 0.500. The molecule has 0 unspecified atom stereocenters. The first kappa shape index (κ1) is 34.9. The van der Waals surface area contributed by atoms with E-state index in [0.29, 0.717) is 55.7 Å². The highest BCUT2D eigenvalue weighted by Gasteiger charge is 2.32. The molecule has 6 atom stereocenters. The molecule has 0 saturated carbocycles. The second-order valence-electron chi connectivity index (χ2n) is 11.8. The SMILES string of the molecule is COc1cc2c(c(OC)c1)C(=O)O[C@H]([C@@H](C)[C@H](O)[C@H](C)C/C=C\CNC(=O)CCc1ccccc1)C/C=C\C[C@H](C)[C@H](O)C2. The molecule has 8 heteroatoms. The molecule has 0 bridgehead atoms. The zero-order valence-corrected chi connectivity index (χ0v) is 26.7. The van der Waals surface area contributed by atoms with Crippen molar-refractivity contribution in [3.63, 3.8) is 0 Å². The number of aliphatic hydroxyl groups excluding tert-OH is 2. The number of allylic oxidation sites excluding steroid dienone is 2. The first-order chi connectivity index (χ1) is 21.1. The van der Waals surface area contributed by atoms with E-state index in [-0.39, 0.29) is 35.6 Å². The van der Waals surface area contributed by atoms with Crippen molar-refractivity contribution in [3.8, 4) is 11.5 Å². The van der Waals surface area contributed by atoms with Gasteiger partial charge in [-0.25, -0.2) is 4.79 Å². The number of fused-ring (bicyclic) bond motifs is 1. The van der Waals surface area contributed by atoms with Gasteiger partial charge in [0.1, 0.15) is 23.2 Å². The van der Waals surface area contributed by atoms with Gasteiger partial charge in [0.05, 0.1) is 26.4 Å². The summed E-state index contributed by atoms with van der Waals surface area (Å²) in [6.07, 6.45) is 8.92. The molecule has 0 aromatic heterocycles. The Balaban J connectivity index is 1.64. The van der Waals surface area contributed by atoms with Crippen LogP contribution in [0.25, 0.3) is 0 Å².